The number of esters is 1. The summed E-state index contributed by atoms with van der Waals surface area (Å²) in [5.74, 6) is -0.0953. The number of Topliss-reactive ketones (excluding diaryl/α,β-unsaturated/α-hetero) is 1. The first-order valence-electron chi connectivity index (χ1n) is 8.71. The van der Waals surface area contributed by atoms with E-state index in [0.717, 1.165) is 19.3 Å². The van der Waals surface area contributed by atoms with Crippen molar-refractivity contribution >= 4 is 23.3 Å². The zero-order chi connectivity index (χ0) is 17.8. The SMILES string of the molecule is COc1cccc(NC(=O)COC(=O)C2C[C@@H]3CCC[C@@H](C2)C3=O)c1. The van der Waals surface area contributed by atoms with Crippen molar-refractivity contribution < 1.29 is 23.9 Å². The fourth-order valence-corrected chi connectivity index (χ4v) is 3.82. The third-order valence-electron chi connectivity index (χ3n) is 5.08. The molecule has 2 bridgehead atoms. The third kappa shape index (κ3) is 4.18. The molecule has 0 radical (unpaired) electrons. The minimum absolute atomic E-state index is 0.00402. The van der Waals surface area contributed by atoms with Crippen molar-refractivity contribution in [3.05, 3.63) is 24.3 Å². The number of anilines is 1. The van der Waals surface area contributed by atoms with Crippen LogP contribution in [0.1, 0.15) is 32.1 Å². The Hall–Kier alpha value is -2.37. The van der Waals surface area contributed by atoms with Gasteiger partial charge in [-0.15, -0.1) is 0 Å². The Bertz CT molecular complexity index is 656. The van der Waals surface area contributed by atoms with E-state index in [1.165, 1.54) is 0 Å². The van der Waals surface area contributed by atoms with E-state index in [1.54, 1.807) is 31.4 Å². The molecular formula is C19H23NO5. The van der Waals surface area contributed by atoms with Crippen molar-refractivity contribution in [3.8, 4) is 5.75 Å². The maximum Gasteiger partial charge on any atom is 0.309 e. The third-order valence-corrected chi connectivity index (χ3v) is 5.08. The predicted molar refractivity (Wildman–Crippen MR) is 91.1 cm³/mol. The number of rotatable bonds is 5. The van der Waals surface area contributed by atoms with Gasteiger partial charge in [-0.1, -0.05) is 12.5 Å². The maximum absolute atomic E-state index is 12.3. The molecule has 0 saturated heterocycles. The van der Waals surface area contributed by atoms with Gasteiger partial charge in [-0.25, -0.2) is 0 Å². The summed E-state index contributed by atoms with van der Waals surface area (Å²) in [6, 6.07) is 6.96. The van der Waals surface area contributed by atoms with Crippen molar-refractivity contribution in [1.82, 2.24) is 0 Å². The van der Waals surface area contributed by atoms with Gasteiger partial charge in [0, 0.05) is 23.6 Å². The Kier molecular flexibility index (Phi) is 5.36. The fourth-order valence-electron chi connectivity index (χ4n) is 3.82. The summed E-state index contributed by atoms with van der Waals surface area (Å²) in [5.41, 5.74) is 0.582. The summed E-state index contributed by atoms with van der Waals surface area (Å²) < 4.78 is 10.3. The van der Waals surface area contributed by atoms with Crippen LogP contribution < -0.4 is 10.1 Å². The summed E-state index contributed by atoms with van der Waals surface area (Å²) >= 11 is 0. The minimum Gasteiger partial charge on any atom is -0.497 e. The first-order valence-corrected chi connectivity index (χ1v) is 8.71. The molecule has 2 aliphatic carbocycles. The number of hydrogen-bond acceptors (Lipinski definition) is 5. The van der Waals surface area contributed by atoms with Gasteiger partial charge in [-0.05, 0) is 37.8 Å². The van der Waals surface area contributed by atoms with E-state index in [1.807, 2.05) is 0 Å². The highest BCUT2D eigenvalue weighted by Gasteiger charge is 2.41. The Morgan fingerprint density at radius 3 is 2.60 bits per heavy atom. The van der Waals surface area contributed by atoms with E-state index < -0.39 is 5.91 Å². The number of ether oxygens (including phenoxy) is 2. The maximum atomic E-state index is 12.3. The van der Waals surface area contributed by atoms with Crippen LogP contribution in [0.25, 0.3) is 0 Å². The Balaban J connectivity index is 1.48. The van der Waals surface area contributed by atoms with Crippen LogP contribution in [-0.2, 0) is 19.1 Å². The topological polar surface area (TPSA) is 81.7 Å². The molecule has 1 N–H and O–H groups in total. The zero-order valence-electron chi connectivity index (χ0n) is 14.3. The average Bonchev–Trinajstić information content (AvgIpc) is 2.59. The first-order chi connectivity index (χ1) is 12.1. The van der Waals surface area contributed by atoms with E-state index in [4.69, 9.17) is 9.47 Å². The van der Waals surface area contributed by atoms with Crippen LogP contribution in [0.15, 0.2) is 24.3 Å². The average molecular weight is 345 g/mol. The van der Waals surface area contributed by atoms with Gasteiger partial charge in [0.2, 0.25) is 0 Å². The second-order valence-electron chi connectivity index (χ2n) is 6.78. The van der Waals surface area contributed by atoms with Crippen LogP contribution in [0.2, 0.25) is 0 Å². The second-order valence-corrected chi connectivity index (χ2v) is 6.78. The lowest BCUT2D eigenvalue weighted by molar-refractivity contribution is -0.155. The molecule has 1 aromatic rings. The van der Waals surface area contributed by atoms with Gasteiger partial charge in [0.15, 0.2) is 6.61 Å². The standard InChI is InChI=1S/C19H23NO5/c1-24-16-7-3-6-15(10-16)20-17(21)11-25-19(23)14-8-12-4-2-5-13(9-14)18(12)22/h3,6-7,10,12-14H,2,4-5,8-9,11H2,1H3,(H,20,21)/t12-,13-/m0/s1. The molecule has 6 nitrogen and oxygen atoms in total. The van der Waals surface area contributed by atoms with Crippen molar-refractivity contribution in [3.63, 3.8) is 0 Å². The van der Waals surface area contributed by atoms with E-state index in [2.05, 4.69) is 5.32 Å². The number of benzene rings is 1. The van der Waals surface area contributed by atoms with E-state index >= 15 is 0 Å². The predicted octanol–water partition coefficient (Wildman–Crippen LogP) is 2.57. The van der Waals surface area contributed by atoms with Crippen LogP contribution in [0, 0.1) is 17.8 Å². The number of methoxy groups -OCH3 is 1. The molecule has 2 fully saturated rings. The van der Waals surface area contributed by atoms with Crippen molar-refractivity contribution in [2.45, 2.75) is 32.1 Å². The molecular weight excluding hydrogens is 322 g/mol. The first kappa shape index (κ1) is 17.5. The number of fused-ring (bicyclic) bond motifs is 2. The van der Waals surface area contributed by atoms with Crippen LogP contribution >= 0.6 is 0 Å². The molecule has 134 valence electrons. The minimum atomic E-state index is -0.395. The molecule has 2 atom stereocenters. The summed E-state index contributed by atoms with van der Waals surface area (Å²) in [5, 5.41) is 2.67. The smallest absolute Gasteiger partial charge is 0.309 e. The van der Waals surface area contributed by atoms with E-state index in [0.29, 0.717) is 30.1 Å². The number of carbonyl (C=O) groups excluding carboxylic acids is 3. The molecule has 0 aromatic heterocycles. The van der Waals surface area contributed by atoms with E-state index in [-0.39, 0.29) is 30.3 Å². The summed E-state index contributed by atoms with van der Waals surface area (Å²) in [6.07, 6.45) is 3.92. The van der Waals surface area contributed by atoms with Crippen molar-refractivity contribution in [2.75, 3.05) is 19.0 Å². The van der Waals surface area contributed by atoms with Crippen LogP contribution in [-0.4, -0.2) is 31.4 Å². The highest BCUT2D eigenvalue weighted by atomic mass is 16.5. The van der Waals surface area contributed by atoms with Crippen LogP contribution in [0.4, 0.5) is 5.69 Å². The molecule has 25 heavy (non-hydrogen) atoms. The van der Waals surface area contributed by atoms with Crippen LogP contribution in [0.3, 0.4) is 0 Å². The van der Waals surface area contributed by atoms with Gasteiger partial charge in [0.1, 0.15) is 11.5 Å². The molecule has 0 heterocycles. The number of carbonyl (C=O) groups is 3. The molecule has 0 unspecified atom stereocenters. The van der Waals surface area contributed by atoms with Crippen molar-refractivity contribution in [2.24, 2.45) is 17.8 Å². The molecule has 0 aliphatic heterocycles. The lowest BCUT2D eigenvalue weighted by Gasteiger charge is -2.36. The summed E-state index contributed by atoms with van der Waals surface area (Å²) in [4.78, 5) is 36.3. The number of hydrogen-bond donors (Lipinski definition) is 1. The summed E-state index contributed by atoms with van der Waals surface area (Å²) in [7, 11) is 1.55. The Morgan fingerprint density at radius 1 is 1.20 bits per heavy atom. The molecule has 1 aromatic carbocycles. The molecule has 0 spiro atoms. The molecule has 1 amide bonds. The van der Waals surface area contributed by atoms with Gasteiger partial charge in [-0.2, -0.15) is 0 Å². The highest BCUT2D eigenvalue weighted by Crippen LogP contribution is 2.40. The Labute approximate surface area is 146 Å². The van der Waals surface area contributed by atoms with Gasteiger partial charge >= 0.3 is 5.97 Å². The fraction of sp³-hybridized carbons (Fsp3) is 0.526. The highest BCUT2D eigenvalue weighted by molar-refractivity contribution is 5.93. The second kappa shape index (κ2) is 7.68. The zero-order valence-corrected chi connectivity index (χ0v) is 14.3. The van der Waals surface area contributed by atoms with Gasteiger partial charge in [-0.3, -0.25) is 14.4 Å². The van der Waals surface area contributed by atoms with Gasteiger partial charge in [0.25, 0.3) is 5.91 Å². The van der Waals surface area contributed by atoms with Gasteiger partial charge in [0.05, 0.1) is 13.0 Å². The molecule has 2 aliphatic rings. The number of nitrogens with one attached hydrogen (secondary N) is 1. The van der Waals surface area contributed by atoms with Gasteiger partial charge < -0.3 is 14.8 Å². The Morgan fingerprint density at radius 2 is 1.92 bits per heavy atom. The lowest BCUT2D eigenvalue weighted by Crippen LogP contribution is -2.40. The van der Waals surface area contributed by atoms with E-state index in [9.17, 15) is 14.4 Å². The quantitative estimate of drug-likeness (QED) is 0.830. The molecule has 2 saturated carbocycles. The lowest BCUT2D eigenvalue weighted by atomic mass is 9.67. The van der Waals surface area contributed by atoms with Crippen LogP contribution in [0.5, 0.6) is 5.75 Å². The monoisotopic (exact) mass is 345 g/mol. The van der Waals surface area contributed by atoms with Crippen molar-refractivity contribution in [1.29, 1.82) is 0 Å². The number of ketones is 1. The normalized spacial score (nSPS) is 25.2. The number of amides is 1. The molecule has 3 rings (SSSR count). The largest absolute Gasteiger partial charge is 0.497 e. The molecule has 6 heteroatoms. The summed E-state index contributed by atoms with van der Waals surface area (Å²) in [6.45, 7) is -0.324.